The fourth-order valence-corrected chi connectivity index (χ4v) is 2.15. The molecule has 2 aromatic carbocycles. The SMILES string of the molecule is CNCc1cccc(C)c1OCc1ccc(CO)cc1. The van der Waals surface area contributed by atoms with Crippen molar-refractivity contribution in [3.8, 4) is 5.75 Å². The summed E-state index contributed by atoms with van der Waals surface area (Å²) in [4.78, 5) is 0. The molecule has 0 saturated heterocycles. The second kappa shape index (κ2) is 7.08. The summed E-state index contributed by atoms with van der Waals surface area (Å²) in [5.74, 6) is 0.952. The van der Waals surface area contributed by atoms with Crippen molar-refractivity contribution in [2.45, 2.75) is 26.7 Å². The summed E-state index contributed by atoms with van der Waals surface area (Å²) in [6.45, 7) is 3.46. The number of para-hydroxylation sites is 1. The Morgan fingerprint density at radius 3 is 2.40 bits per heavy atom. The van der Waals surface area contributed by atoms with Crippen LogP contribution in [0.3, 0.4) is 0 Å². The lowest BCUT2D eigenvalue weighted by molar-refractivity contribution is 0.281. The average molecular weight is 271 g/mol. The number of benzene rings is 2. The third kappa shape index (κ3) is 3.59. The van der Waals surface area contributed by atoms with Crippen molar-refractivity contribution in [3.63, 3.8) is 0 Å². The van der Waals surface area contributed by atoms with E-state index in [1.54, 1.807) is 0 Å². The van der Waals surface area contributed by atoms with Gasteiger partial charge in [-0.05, 0) is 30.7 Å². The highest BCUT2D eigenvalue weighted by molar-refractivity contribution is 5.41. The smallest absolute Gasteiger partial charge is 0.127 e. The van der Waals surface area contributed by atoms with Crippen LogP contribution in [0.4, 0.5) is 0 Å². The molecular weight excluding hydrogens is 250 g/mol. The number of aliphatic hydroxyl groups excluding tert-OH is 1. The van der Waals surface area contributed by atoms with Gasteiger partial charge in [0.05, 0.1) is 6.61 Å². The molecule has 0 radical (unpaired) electrons. The molecule has 0 atom stereocenters. The van der Waals surface area contributed by atoms with E-state index >= 15 is 0 Å². The molecule has 0 unspecified atom stereocenters. The van der Waals surface area contributed by atoms with Crippen LogP contribution in [-0.4, -0.2) is 12.2 Å². The molecule has 3 heteroatoms. The molecule has 0 aliphatic heterocycles. The van der Waals surface area contributed by atoms with E-state index in [2.05, 4.69) is 24.4 Å². The molecule has 3 nitrogen and oxygen atoms in total. The molecule has 106 valence electrons. The minimum Gasteiger partial charge on any atom is -0.488 e. The normalized spacial score (nSPS) is 10.6. The Bertz CT molecular complexity index is 549. The van der Waals surface area contributed by atoms with Crippen molar-refractivity contribution in [3.05, 3.63) is 64.7 Å². The van der Waals surface area contributed by atoms with Crippen molar-refractivity contribution in [1.29, 1.82) is 0 Å². The Morgan fingerprint density at radius 2 is 1.75 bits per heavy atom. The monoisotopic (exact) mass is 271 g/mol. The second-order valence-electron chi connectivity index (χ2n) is 4.86. The summed E-state index contributed by atoms with van der Waals surface area (Å²) in [7, 11) is 1.93. The predicted molar refractivity (Wildman–Crippen MR) is 80.6 cm³/mol. The van der Waals surface area contributed by atoms with Gasteiger partial charge in [-0.3, -0.25) is 0 Å². The first-order chi connectivity index (χ1) is 9.74. The van der Waals surface area contributed by atoms with E-state index in [1.807, 2.05) is 37.4 Å². The molecule has 0 amide bonds. The van der Waals surface area contributed by atoms with Crippen LogP contribution < -0.4 is 10.1 Å². The quantitative estimate of drug-likeness (QED) is 0.849. The van der Waals surface area contributed by atoms with Gasteiger partial charge in [0.15, 0.2) is 0 Å². The summed E-state index contributed by atoms with van der Waals surface area (Å²) in [5.41, 5.74) is 4.32. The van der Waals surface area contributed by atoms with E-state index in [4.69, 9.17) is 9.84 Å². The van der Waals surface area contributed by atoms with Crippen molar-refractivity contribution in [2.75, 3.05) is 7.05 Å². The first kappa shape index (κ1) is 14.6. The van der Waals surface area contributed by atoms with Gasteiger partial charge in [0.25, 0.3) is 0 Å². The summed E-state index contributed by atoms with van der Waals surface area (Å²) >= 11 is 0. The van der Waals surface area contributed by atoms with Gasteiger partial charge in [-0.1, -0.05) is 42.5 Å². The van der Waals surface area contributed by atoms with E-state index in [0.717, 1.165) is 29.0 Å². The third-order valence-electron chi connectivity index (χ3n) is 3.25. The van der Waals surface area contributed by atoms with Crippen LogP contribution in [0, 0.1) is 6.92 Å². The van der Waals surface area contributed by atoms with E-state index in [9.17, 15) is 0 Å². The predicted octanol–water partition coefficient (Wildman–Crippen LogP) is 2.79. The highest BCUT2D eigenvalue weighted by Crippen LogP contribution is 2.24. The molecule has 0 aliphatic carbocycles. The maximum Gasteiger partial charge on any atom is 0.127 e. The molecule has 0 fully saturated rings. The molecule has 0 heterocycles. The van der Waals surface area contributed by atoms with Crippen LogP contribution in [0.25, 0.3) is 0 Å². The number of aliphatic hydroxyl groups is 1. The van der Waals surface area contributed by atoms with Gasteiger partial charge >= 0.3 is 0 Å². The first-order valence-corrected chi connectivity index (χ1v) is 6.79. The molecule has 2 N–H and O–H groups in total. The molecule has 0 saturated carbocycles. The minimum atomic E-state index is 0.0747. The highest BCUT2D eigenvalue weighted by atomic mass is 16.5. The molecule has 0 aromatic heterocycles. The Balaban J connectivity index is 2.09. The Hall–Kier alpha value is -1.84. The lowest BCUT2D eigenvalue weighted by Gasteiger charge is -2.14. The molecule has 20 heavy (non-hydrogen) atoms. The summed E-state index contributed by atoms with van der Waals surface area (Å²) in [5, 5.41) is 12.2. The van der Waals surface area contributed by atoms with Crippen LogP contribution in [0.2, 0.25) is 0 Å². The van der Waals surface area contributed by atoms with Gasteiger partial charge in [-0.25, -0.2) is 0 Å². The largest absolute Gasteiger partial charge is 0.488 e. The van der Waals surface area contributed by atoms with Crippen LogP contribution in [0.5, 0.6) is 5.75 Å². The fraction of sp³-hybridized carbons (Fsp3) is 0.294. The van der Waals surface area contributed by atoms with Gasteiger partial charge in [-0.2, -0.15) is 0 Å². The first-order valence-electron chi connectivity index (χ1n) is 6.79. The van der Waals surface area contributed by atoms with Crippen molar-refractivity contribution < 1.29 is 9.84 Å². The number of ether oxygens (including phenoxy) is 1. The minimum absolute atomic E-state index is 0.0747. The van der Waals surface area contributed by atoms with E-state index < -0.39 is 0 Å². The Labute approximate surface area is 120 Å². The van der Waals surface area contributed by atoms with Crippen LogP contribution in [-0.2, 0) is 19.8 Å². The Morgan fingerprint density at radius 1 is 1.05 bits per heavy atom. The van der Waals surface area contributed by atoms with Crippen molar-refractivity contribution >= 4 is 0 Å². The molecule has 0 bridgehead atoms. The van der Waals surface area contributed by atoms with E-state index in [0.29, 0.717) is 6.61 Å². The molecule has 2 rings (SSSR count). The standard InChI is InChI=1S/C17H21NO2/c1-13-4-3-5-16(10-18-2)17(13)20-12-15-8-6-14(11-19)7-9-15/h3-9,18-19H,10-12H2,1-2H3. The van der Waals surface area contributed by atoms with Gasteiger partial charge in [0, 0.05) is 12.1 Å². The summed E-state index contributed by atoms with van der Waals surface area (Å²) < 4.78 is 5.98. The number of hydrogen-bond acceptors (Lipinski definition) is 3. The van der Waals surface area contributed by atoms with Gasteiger partial charge < -0.3 is 15.2 Å². The lowest BCUT2D eigenvalue weighted by atomic mass is 10.1. The number of hydrogen-bond donors (Lipinski definition) is 2. The van der Waals surface area contributed by atoms with Crippen LogP contribution in [0.1, 0.15) is 22.3 Å². The molecular formula is C17H21NO2. The van der Waals surface area contributed by atoms with E-state index in [1.165, 1.54) is 5.56 Å². The fourth-order valence-electron chi connectivity index (χ4n) is 2.15. The zero-order valence-electron chi connectivity index (χ0n) is 12.0. The molecule has 2 aromatic rings. The van der Waals surface area contributed by atoms with E-state index in [-0.39, 0.29) is 6.61 Å². The van der Waals surface area contributed by atoms with Gasteiger partial charge in [-0.15, -0.1) is 0 Å². The topological polar surface area (TPSA) is 41.5 Å². The van der Waals surface area contributed by atoms with Gasteiger partial charge in [0.2, 0.25) is 0 Å². The lowest BCUT2D eigenvalue weighted by Crippen LogP contribution is -2.08. The zero-order chi connectivity index (χ0) is 14.4. The number of rotatable bonds is 6. The van der Waals surface area contributed by atoms with Crippen LogP contribution >= 0.6 is 0 Å². The van der Waals surface area contributed by atoms with Crippen LogP contribution in [0.15, 0.2) is 42.5 Å². The number of aryl methyl sites for hydroxylation is 1. The molecule has 0 aliphatic rings. The summed E-state index contributed by atoms with van der Waals surface area (Å²) in [6, 6.07) is 14.0. The Kier molecular flexibility index (Phi) is 5.16. The average Bonchev–Trinajstić information content (AvgIpc) is 2.47. The maximum absolute atomic E-state index is 9.03. The summed E-state index contributed by atoms with van der Waals surface area (Å²) in [6.07, 6.45) is 0. The maximum atomic E-state index is 9.03. The van der Waals surface area contributed by atoms with Gasteiger partial charge in [0.1, 0.15) is 12.4 Å². The molecule has 0 spiro atoms. The van der Waals surface area contributed by atoms with Crippen molar-refractivity contribution in [2.24, 2.45) is 0 Å². The third-order valence-corrected chi connectivity index (χ3v) is 3.25. The highest BCUT2D eigenvalue weighted by Gasteiger charge is 2.06. The van der Waals surface area contributed by atoms with Crippen molar-refractivity contribution in [1.82, 2.24) is 5.32 Å². The second-order valence-corrected chi connectivity index (χ2v) is 4.86. The zero-order valence-corrected chi connectivity index (χ0v) is 12.0. The number of nitrogens with one attached hydrogen (secondary N) is 1.